The van der Waals surface area contributed by atoms with E-state index in [0.29, 0.717) is 10.9 Å². The molecule has 158 valence electrons. The fraction of sp³-hybridized carbons (Fsp3) is 0.182. The third-order valence-corrected chi connectivity index (χ3v) is 5.11. The third-order valence-electron chi connectivity index (χ3n) is 5.11. The van der Waals surface area contributed by atoms with E-state index in [9.17, 15) is 19.2 Å². The van der Waals surface area contributed by atoms with Gasteiger partial charge in [-0.2, -0.15) is 0 Å². The molecule has 0 fully saturated rings. The van der Waals surface area contributed by atoms with Gasteiger partial charge in [-0.05, 0) is 23.8 Å². The van der Waals surface area contributed by atoms with Gasteiger partial charge in [0.05, 0.1) is 18.0 Å². The van der Waals surface area contributed by atoms with Crippen LogP contribution in [-0.2, 0) is 27.3 Å². The molecule has 0 radical (unpaired) electrons. The predicted molar refractivity (Wildman–Crippen MR) is 115 cm³/mol. The molecule has 31 heavy (non-hydrogen) atoms. The van der Waals surface area contributed by atoms with Crippen molar-refractivity contribution in [2.75, 3.05) is 7.11 Å². The first-order chi connectivity index (χ1) is 15.0. The van der Waals surface area contributed by atoms with E-state index in [4.69, 9.17) is 4.74 Å². The number of H-pyrrole nitrogens is 2. The van der Waals surface area contributed by atoms with Gasteiger partial charge in [-0.1, -0.05) is 30.3 Å². The van der Waals surface area contributed by atoms with E-state index in [1.165, 1.54) is 7.11 Å². The Labute approximate surface area is 175 Å². The van der Waals surface area contributed by atoms with Gasteiger partial charge in [0.1, 0.15) is 12.6 Å². The summed E-state index contributed by atoms with van der Waals surface area (Å²) in [4.78, 5) is 55.6. The quantitative estimate of drug-likeness (QED) is 0.402. The summed E-state index contributed by atoms with van der Waals surface area (Å²) in [6.45, 7) is -0.527. The molecule has 9 heteroatoms. The van der Waals surface area contributed by atoms with Crippen molar-refractivity contribution in [3.63, 3.8) is 0 Å². The highest BCUT2D eigenvalue weighted by Gasteiger charge is 2.24. The number of amides is 1. The van der Waals surface area contributed by atoms with Crippen LogP contribution in [0.2, 0.25) is 0 Å². The van der Waals surface area contributed by atoms with E-state index in [2.05, 4.69) is 15.3 Å². The zero-order valence-corrected chi connectivity index (χ0v) is 16.7. The van der Waals surface area contributed by atoms with Crippen molar-refractivity contribution in [3.05, 3.63) is 81.1 Å². The second kappa shape index (κ2) is 8.31. The molecule has 0 spiro atoms. The van der Waals surface area contributed by atoms with Gasteiger partial charge in [-0.25, -0.2) is 9.59 Å². The molecule has 0 aliphatic rings. The first-order valence-corrected chi connectivity index (χ1v) is 9.62. The molecule has 0 unspecified atom stereocenters. The number of methoxy groups -OCH3 is 1. The molecule has 0 saturated heterocycles. The number of benzene rings is 2. The molecule has 0 saturated carbocycles. The summed E-state index contributed by atoms with van der Waals surface area (Å²) in [5, 5.41) is 3.80. The minimum Gasteiger partial charge on any atom is -0.467 e. The zero-order chi connectivity index (χ0) is 22.0. The molecule has 0 aliphatic heterocycles. The molecule has 0 bridgehead atoms. The number of rotatable bonds is 6. The first-order valence-electron chi connectivity index (χ1n) is 9.62. The van der Waals surface area contributed by atoms with Crippen LogP contribution in [0.3, 0.4) is 0 Å². The van der Waals surface area contributed by atoms with Crippen molar-refractivity contribution in [1.29, 1.82) is 0 Å². The van der Waals surface area contributed by atoms with Crippen LogP contribution in [0.5, 0.6) is 0 Å². The van der Waals surface area contributed by atoms with E-state index >= 15 is 0 Å². The van der Waals surface area contributed by atoms with Gasteiger partial charge < -0.3 is 20.0 Å². The van der Waals surface area contributed by atoms with Crippen molar-refractivity contribution in [2.45, 2.75) is 19.0 Å². The Morgan fingerprint density at radius 3 is 2.45 bits per heavy atom. The van der Waals surface area contributed by atoms with Crippen molar-refractivity contribution in [1.82, 2.24) is 19.9 Å². The summed E-state index contributed by atoms with van der Waals surface area (Å²) in [5.74, 6) is -1.28. The Bertz CT molecular complexity index is 1400. The number of nitrogens with one attached hydrogen (secondary N) is 3. The smallest absolute Gasteiger partial charge is 0.329 e. The molecule has 2 aromatic carbocycles. The summed E-state index contributed by atoms with van der Waals surface area (Å²) >= 11 is 0. The second-order valence-electron chi connectivity index (χ2n) is 7.07. The van der Waals surface area contributed by atoms with Gasteiger partial charge in [-0.3, -0.25) is 14.2 Å². The Balaban J connectivity index is 1.58. The van der Waals surface area contributed by atoms with Crippen LogP contribution in [-0.4, -0.2) is 39.6 Å². The van der Waals surface area contributed by atoms with E-state index < -0.39 is 35.7 Å². The number of hydrogen-bond donors (Lipinski definition) is 3. The average molecular weight is 420 g/mol. The minimum absolute atomic E-state index is 0.186. The van der Waals surface area contributed by atoms with Gasteiger partial charge in [0.15, 0.2) is 0 Å². The maximum atomic E-state index is 12.6. The second-order valence-corrected chi connectivity index (χ2v) is 7.07. The SMILES string of the molecule is COC(=O)[C@H](Cc1c[nH]c2ccccc12)NC(=O)Cn1c(=O)[nH]c2ccccc2c1=O. The van der Waals surface area contributed by atoms with E-state index in [0.717, 1.165) is 21.0 Å². The van der Waals surface area contributed by atoms with Crippen LogP contribution < -0.4 is 16.6 Å². The minimum atomic E-state index is -0.980. The summed E-state index contributed by atoms with van der Waals surface area (Å²) in [5.41, 5.74) is 0.834. The van der Waals surface area contributed by atoms with Gasteiger partial charge in [-0.15, -0.1) is 0 Å². The Morgan fingerprint density at radius 2 is 1.71 bits per heavy atom. The zero-order valence-electron chi connectivity index (χ0n) is 16.7. The fourth-order valence-corrected chi connectivity index (χ4v) is 3.58. The molecule has 1 atom stereocenters. The lowest BCUT2D eigenvalue weighted by Crippen LogP contribution is -2.47. The predicted octanol–water partition coefficient (Wildman–Crippen LogP) is 1.07. The van der Waals surface area contributed by atoms with Gasteiger partial charge in [0, 0.05) is 23.5 Å². The molecule has 0 aliphatic carbocycles. The summed E-state index contributed by atoms with van der Waals surface area (Å²) in [6, 6.07) is 13.1. The number of carbonyl (C=O) groups excluding carboxylic acids is 2. The van der Waals surface area contributed by atoms with Crippen LogP contribution in [0.4, 0.5) is 0 Å². The molecule has 2 aromatic heterocycles. The normalized spacial score (nSPS) is 12.0. The topological polar surface area (TPSA) is 126 Å². The molecule has 4 rings (SSSR count). The van der Waals surface area contributed by atoms with Gasteiger partial charge in [0.25, 0.3) is 5.56 Å². The Hall–Kier alpha value is -4.14. The molecule has 2 heterocycles. The molecule has 9 nitrogen and oxygen atoms in total. The first kappa shape index (κ1) is 20.1. The maximum absolute atomic E-state index is 12.6. The van der Waals surface area contributed by atoms with Crippen LogP contribution in [0, 0.1) is 0 Å². The molecular formula is C22H20N4O5. The lowest BCUT2D eigenvalue weighted by Gasteiger charge is -2.16. The Morgan fingerprint density at radius 1 is 1.03 bits per heavy atom. The number of aromatic amines is 2. The monoisotopic (exact) mass is 420 g/mol. The lowest BCUT2D eigenvalue weighted by atomic mass is 10.0. The van der Waals surface area contributed by atoms with E-state index in [1.807, 2.05) is 24.3 Å². The van der Waals surface area contributed by atoms with Crippen molar-refractivity contribution >= 4 is 33.7 Å². The van der Waals surface area contributed by atoms with Crippen LogP contribution >= 0.6 is 0 Å². The number of nitrogens with zero attached hydrogens (tertiary/aromatic N) is 1. The summed E-state index contributed by atoms with van der Waals surface area (Å²) in [6.07, 6.45) is 1.96. The summed E-state index contributed by atoms with van der Waals surface area (Å²) < 4.78 is 5.63. The highest BCUT2D eigenvalue weighted by atomic mass is 16.5. The average Bonchev–Trinajstić information content (AvgIpc) is 3.18. The molecule has 3 N–H and O–H groups in total. The van der Waals surface area contributed by atoms with E-state index in [-0.39, 0.29) is 6.42 Å². The number of fused-ring (bicyclic) bond motifs is 2. The molecular weight excluding hydrogens is 400 g/mol. The number of ether oxygens (including phenoxy) is 1. The van der Waals surface area contributed by atoms with Crippen molar-refractivity contribution in [2.24, 2.45) is 0 Å². The maximum Gasteiger partial charge on any atom is 0.329 e. The van der Waals surface area contributed by atoms with Crippen LogP contribution in [0.15, 0.2) is 64.3 Å². The number of para-hydroxylation sites is 2. The van der Waals surface area contributed by atoms with Crippen molar-refractivity contribution < 1.29 is 14.3 Å². The number of carbonyl (C=O) groups is 2. The lowest BCUT2D eigenvalue weighted by molar-refractivity contribution is -0.145. The highest BCUT2D eigenvalue weighted by molar-refractivity contribution is 5.87. The number of esters is 1. The summed E-state index contributed by atoms with van der Waals surface area (Å²) in [7, 11) is 1.23. The molecule has 4 aromatic rings. The van der Waals surface area contributed by atoms with Crippen LogP contribution in [0.25, 0.3) is 21.8 Å². The van der Waals surface area contributed by atoms with Gasteiger partial charge in [0.2, 0.25) is 5.91 Å². The highest BCUT2D eigenvalue weighted by Crippen LogP contribution is 2.19. The third kappa shape index (κ3) is 3.97. The number of aromatic nitrogens is 3. The van der Waals surface area contributed by atoms with Gasteiger partial charge >= 0.3 is 11.7 Å². The van der Waals surface area contributed by atoms with E-state index in [1.54, 1.807) is 30.5 Å². The largest absolute Gasteiger partial charge is 0.467 e. The fourth-order valence-electron chi connectivity index (χ4n) is 3.58. The van der Waals surface area contributed by atoms with Crippen molar-refractivity contribution in [3.8, 4) is 0 Å². The van der Waals surface area contributed by atoms with Crippen LogP contribution in [0.1, 0.15) is 5.56 Å². The number of hydrogen-bond acceptors (Lipinski definition) is 5. The standard InChI is InChI=1S/C22H20N4O5/c1-31-21(29)18(10-13-11-23-16-8-4-2-6-14(13)16)24-19(27)12-26-20(28)15-7-3-5-9-17(15)25-22(26)30/h2-9,11,18,23H,10,12H2,1H3,(H,24,27)(H,25,30)/t18-/m0/s1. The Kier molecular flexibility index (Phi) is 5.40. The molecule has 1 amide bonds.